The van der Waals surface area contributed by atoms with Crippen LogP contribution in [0.25, 0.3) is 22.5 Å². The van der Waals surface area contributed by atoms with Crippen molar-refractivity contribution in [2.24, 2.45) is 11.5 Å². The fraction of sp³-hybridized carbons (Fsp3) is 0.171. The van der Waals surface area contributed by atoms with E-state index in [2.05, 4.69) is 46.5 Å². The second-order valence-electron chi connectivity index (χ2n) is 11.8. The first kappa shape index (κ1) is 39.7. The summed E-state index contributed by atoms with van der Waals surface area (Å²) in [5.74, 6) is 2.57. The van der Waals surface area contributed by atoms with Crippen molar-refractivity contribution < 1.29 is 23.8 Å². The second kappa shape index (κ2) is 20.6. The van der Waals surface area contributed by atoms with Crippen molar-refractivity contribution in [3.63, 3.8) is 0 Å². The largest absolute Gasteiger partial charge is 0.497 e. The number of ether oxygens (including phenoxy) is 3. The van der Waals surface area contributed by atoms with Gasteiger partial charge in [-0.25, -0.2) is 19.9 Å². The predicted molar refractivity (Wildman–Crippen MR) is 216 cm³/mol. The zero-order valence-corrected chi connectivity index (χ0v) is 31.7. The van der Waals surface area contributed by atoms with Crippen LogP contribution < -0.4 is 36.3 Å². The number of halogens is 1. The summed E-state index contributed by atoms with van der Waals surface area (Å²) in [6, 6.07) is 32.9. The SMILES string of the molecule is COc1cccc(OCCCNc2nccc(-c3ccc(C(N)=O)cc3)n2)c1.NC(=O)c1ccc(-c2ccnc(NCCCOc3cccc(Br)c3)n2)cc1. The molecule has 6 N–H and O–H groups in total. The number of hydrogen-bond acceptors (Lipinski definition) is 11. The molecule has 0 fully saturated rings. The Kier molecular flexibility index (Phi) is 14.9. The van der Waals surface area contributed by atoms with Gasteiger partial charge in [0.15, 0.2) is 0 Å². The molecule has 0 saturated heterocycles. The molecule has 2 aromatic heterocycles. The predicted octanol–water partition coefficient (Wildman–Crippen LogP) is 7.02. The number of methoxy groups -OCH3 is 1. The van der Waals surface area contributed by atoms with Crippen molar-refractivity contribution in [2.75, 3.05) is 44.0 Å². The van der Waals surface area contributed by atoms with Gasteiger partial charge in [0, 0.05) is 58.3 Å². The Bertz CT molecular complexity index is 2150. The Morgan fingerprint density at radius 2 is 1.07 bits per heavy atom. The monoisotopic (exact) mass is 804 g/mol. The maximum atomic E-state index is 11.2. The second-order valence-corrected chi connectivity index (χ2v) is 12.7. The number of primary amides is 2. The minimum atomic E-state index is -0.451. The van der Waals surface area contributed by atoms with E-state index in [9.17, 15) is 9.59 Å². The molecule has 0 unspecified atom stereocenters. The zero-order chi connectivity index (χ0) is 38.8. The average molecular weight is 806 g/mol. The van der Waals surface area contributed by atoms with Crippen LogP contribution in [0.4, 0.5) is 11.9 Å². The molecule has 0 radical (unpaired) electrons. The number of nitrogens with zero attached hydrogens (tertiary/aromatic N) is 4. The minimum absolute atomic E-state index is 0.448. The fourth-order valence-electron chi connectivity index (χ4n) is 4.99. The quantitative estimate of drug-likeness (QED) is 0.0694. The van der Waals surface area contributed by atoms with E-state index in [1.165, 1.54) is 0 Å². The molecule has 14 heteroatoms. The third kappa shape index (κ3) is 12.8. The smallest absolute Gasteiger partial charge is 0.248 e. The van der Waals surface area contributed by atoms with Gasteiger partial charge < -0.3 is 36.3 Å². The average Bonchev–Trinajstić information content (AvgIpc) is 3.21. The number of rotatable bonds is 17. The van der Waals surface area contributed by atoms with Gasteiger partial charge in [-0.2, -0.15) is 0 Å². The van der Waals surface area contributed by atoms with E-state index in [1.807, 2.05) is 84.9 Å². The maximum absolute atomic E-state index is 11.2. The number of carbonyl (C=O) groups is 2. The molecule has 0 aliphatic rings. The highest BCUT2D eigenvalue weighted by atomic mass is 79.9. The lowest BCUT2D eigenvalue weighted by Gasteiger charge is -2.09. The van der Waals surface area contributed by atoms with E-state index < -0.39 is 11.8 Å². The summed E-state index contributed by atoms with van der Waals surface area (Å²) in [4.78, 5) is 39.8. The van der Waals surface area contributed by atoms with Gasteiger partial charge in [0.25, 0.3) is 0 Å². The summed E-state index contributed by atoms with van der Waals surface area (Å²) in [6.07, 6.45) is 5.00. The molecule has 6 rings (SSSR count). The normalized spacial score (nSPS) is 10.4. The lowest BCUT2D eigenvalue weighted by atomic mass is 10.1. The molecule has 0 spiro atoms. The van der Waals surface area contributed by atoms with E-state index >= 15 is 0 Å². The van der Waals surface area contributed by atoms with Crippen molar-refractivity contribution in [3.05, 3.63) is 137 Å². The van der Waals surface area contributed by atoms with Gasteiger partial charge in [-0.15, -0.1) is 0 Å². The molecule has 0 atom stereocenters. The van der Waals surface area contributed by atoms with Gasteiger partial charge in [-0.1, -0.05) is 52.3 Å². The highest BCUT2D eigenvalue weighted by Crippen LogP contribution is 2.21. The molecule has 13 nitrogen and oxygen atoms in total. The minimum Gasteiger partial charge on any atom is -0.497 e. The maximum Gasteiger partial charge on any atom is 0.248 e. The van der Waals surface area contributed by atoms with E-state index in [-0.39, 0.29) is 0 Å². The highest BCUT2D eigenvalue weighted by molar-refractivity contribution is 9.10. The molecule has 4 aromatic carbocycles. The van der Waals surface area contributed by atoms with Crippen LogP contribution in [0, 0.1) is 0 Å². The van der Waals surface area contributed by atoms with Crippen LogP contribution in [0.1, 0.15) is 33.6 Å². The molecule has 0 aliphatic heterocycles. The van der Waals surface area contributed by atoms with Crippen molar-refractivity contribution >= 4 is 39.6 Å². The molecule has 6 aromatic rings. The summed E-state index contributed by atoms with van der Waals surface area (Å²) < 4.78 is 17.6. The number of amides is 2. The molecule has 55 heavy (non-hydrogen) atoms. The number of aromatic nitrogens is 4. The van der Waals surface area contributed by atoms with Crippen LogP contribution in [0.3, 0.4) is 0 Å². The van der Waals surface area contributed by atoms with Crippen LogP contribution in [0.2, 0.25) is 0 Å². The number of benzene rings is 4. The molecule has 2 amide bonds. The highest BCUT2D eigenvalue weighted by Gasteiger charge is 2.07. The number of nitrogens with one attached hydrogen (secondary N) is 2. The van der Waals surface area contributed by atoms with Crippen molar-refractivity contribution in [1.82, 2.24) is 19.9 Å². The lowest BCUT2D eigenvalue weighted by molar-refractivity contribution is 0.0992. The van der Waals surface area contributed by atoms with E-state index in [4.69, 9.17) is 25.7 Å². The summed E-state index contributed by atoms with van der Waals surface area (Å²) in [7, 11) is 1.63. The standard InChI is InChI=1S/C21H22N4O3.C20H19BrN4O2/c1-27-17-4-2-5-18(14-17)28-13-3-11-23-21-24-12-10-19(25-21)15-6-8-16(9-7-15)20(22)26;21-16-3-1-4-17(13-16)27-12-2-10-23-20-24-11-9-18(25-20)14-5-7-15(8-6-14)19(22)26/h2,4-10,12,14H,3,11,13H2,1H3,(H2,22,26)(H,23,24,25);1,3-9,11,13H,2,10,12H2,(H2,22,26)(H,23,24,25). The van der Waals surface area contributed by atoms with Gasteiger partial charge in [0.2, 0.25) is 23.7 Å². The topological polar surface area (TPSA) is 189 Å². The number of hydrogen-bond donors (Lipinski definition) is 4. The van der Waals surface area contributed by atoms with Crippen LogP contribution in [-0.4, -0.2) is 65.2 Å². The Labute approximate surface area is 327 Å². The summed E-state index contributed by atoms with van der Waals surface area (Å²) >= 11 is 3.42. The third-order valence-electron chi connectivity index (χ3n) is 7.82. The summed E-state index contributed by atoms with van der Waals surface area (Å²) in [5, 5.41) is 6.39. The van der Waals surface area contributed by atoms with Crippen molar-refractivity contribution in [3.8, 4) is 39.8 Å². The van der Waals surface area contributed by atoms with E-state index in [1.54, 1.807) is 43.8 Å². The number of anilines is 2. The van der Waals surface area contributed by atoms with Crippen molar-refractivity contribution in [2.45, 2.75) is 12.8 Å². The Morgan fingerprint density at radius 3 is 1.53 bits per heavy atom. The summed E-state index contributed by atoms with van der Waals surface area (Å²) in [5.41, 5.74) is 14.8. The molecule has 0 saturated carbocycles. The van der Waals surface area contributed by atoms with Gasteiger partial charge in [-0.3, -0.25) is 9.59 Å². The van der Waals surface area contributed by atoms with Crippen LogP contribution in [-0.2, 0) is 0 Å². The Morgan fingerprint density at radius 1 is 0.618 bits per heavy atom. The van der Waals surface area contributed by atoms with Crippen LogP contribution in [0.5, 0.6) is 17.2 Å². The lowest BCUT2D eigenvalue weighted by Crippen LogP contribution is -2.10. The number of nitrogens with two attached hydrogens (primary N) is 2. The Balaban J connectivity index is 0.000000211. The van der Waals surface area contributed by atoms with E-state index in [0.717, 1.165) is 57.1 Å². The zero-order valence-electron chi connectivity index (χ0n) is 30.2. The molecule has 2 heterocycles. The summed E-state index contributed by atoms with van der Waals surface area (Å²) in [6.45, 7) is 2.53. The molecule has 0 aliphatic carbocycles. The molecule has 282 valence electrons. The molecular weight excluding hydrogens is 764 g/mol. The molecule has 0 bridgehead atoms. The van der Waals surface area contributed by atoms with Crippen LogP contribution >= 0.6 is 15.9 Å². The van der Waals surface area contributed by atoms with Gasteiger partial charge >= 0.3 is 0 Å². The van der Waals surface area contributed by atoms with Gasteiger partial charge in [0.1, 0.15) is 17.2 Å². The first-order chi connectivity index (χ1) is 26.8. The van der Waals surface area contributed by atoms with Crippen LogP contribution in [0.15, 0.2) is 126 Å². The fourth-order valence-corrected chi connectivity index (χ4v) is 5.37. The first-order valence-electron chi connectivity index (χ1n) is 17.4. The third-order valence-corrected chi connectivity index (χ3v) is 8.32. The first-order valence-corrected chi connectivity index (χ1v) is 18.2. The van der Waals surface area contributed by atoms with Gasteiger partial charge in [-0.05, 0) is 79.6 Å². The number of carbonyl (C=O) groups excluding carboxylic acids is 2. The van der Waals surface area contributed by atoms with Crippen molar-refractivity contribution in [1.29, 1.82) is 0 Å². The van der Waals surface area contributed by atoms with E-state index in [0.29, 0.717) is 49.3 Å². The molecular formula is C41H41BrN8O5. The Hall–Kier alpha value is -6.54. The van der Waals surface area contributed by atoms with Gasteiger partial charge in [0.05, 0.1) is 31.7 Å².